The highest BCUT2D eigenvalue weighted by molar-refractivity contribution is 5.90. The number of hydrogen-bond acceptors (Lipinski definition) is 2. The Morgan fingerprint density at radius 2 is 1.84 bits per heavy atom. The first kappa shape index (κ1) is 16.2. The van der Waals surface area contributed by atoms with E-state index in [-0.39, 0.29) is 11.4 Å². The first-order valence-corrected chi connectivity index (χ1v) is 7.47. The number of nitrogens with zero attached hydrogens (tertiary/aromatic N) is 2. The summed E-state index contributed by atoms with van der Waals surface area (Å²) in [6, 6.07) is 18.0. The van der Waals surface area contributed by atoms with Gasteiger partial charge in [-0.05, 0) is 54.1 Å². The molecule has 1 N–H and O–H groups in total. The highest BCUT2D eigenvalue weighted by atomic mass is 19.1. The monoisotopic (exact) mass is 332 g/mol. The van der Waals surface area contributed by atoms with Gasteiger partial charge in [0, 0.05) is 17.6 Å². The first-order valence-electron chi connectivity index (χ1n) is 7.47. The van der Waals surface area contributed by atoms with Crippen LogP contribution in [0.15, 0.2) is 66.9 Å². The number of carboxylic acids is 1. The fourth-order valence-electron chi connectivity index (χ4n) is 2.49. The van der Waals surface area contributed by atoms with E-state index in [2.05, 4.69) is 6.07 Å². The molecule has 0 amide bonds. The number of benzene rings is 2. The second kappa shape index (κ2) is 6.85. The second-order valence-electron chi connectivity index (χ2n) is 5.34. The number of carboxylic acid groups (broad SMARTS) is 1. The van der Waals surface area contributed by atoms with Gasteiger partial charge in [-0.15, -0.1) is 0 Å². The van der Waals surface area contributed by atoms with Crippen molar-refractivity contribution in [1.29, 1.82) is 5.26 Å². The summed E-state index contributed by atoms with van der Waals surface area (Å²) in [4.78, 5) is 11.1. The molecule has 1 aromatic heterocycles. The van der Waals surface area contributed by atoms with Gasteiger partial charge < -0.3 is 9.67 Å². The van der Waals surface area contributed by atoms with Crippen molar-refractivity contribution in [2.24, 2.45) is 0 Å². The van der Waals surface area contributed by atoms with Crippen molar-refractivity contribution < 1.29 is 14.3 Å². The highest BCUT2D eigenvalue weighted by Gasteiger charge is 2.08. The van der Waals surface area contributed by atoms with Crippen molar-refractivity contribution in [3.63, 3.8) is 0 Å². The molecule has 25 heavy (non-hydrogen) atoms. The van der Waals surface area contributed by atoms with Crippen molar-refractivity contribution in [2.45, 2.75) is 0 Å². The number of allylic oxidation sites excluding steroid dienone is 1. The van der Waals surface area contributed by atoms with E-state index in [0.717, 1.165) is 0 Å². The molecular formula is C20H13FN2O2. The van der Waals surface area contributed by atoms with Gasteiger partial charge >= 0.3 is 5.97 Å². The van der Waals surface area contributed by atoms with Gasteiger partial charge in [0.2, 0.25) is 0 Å². The molecule has 3 rings (SSSR count). The minimum atomic E-state index is -1.00. The van der Waals surface area contributed by atoms with Crippen LogP contribution in [0.25, 0.3) is 17.3 Å². The topological polar surface area (TPSA) is 66.0 Å². The zero-order valence-corrected chi connectivity index (χ0v) is 13.1. The Morgan fingerprint density at radius 3 is 2.52 bits per heavy atom. The molecule has 122 valence electrons. The van der Waals surface area contributed by atoms with Gasteiger partial charge in [-0.1, -0.05) is 18.2 Å². The Morgan fingerprint density at radius 1 is 1.08 bits per heavy atom. The third-order valence-electron chi connectivity index (χ3n) is 3.72. The Hall–Kier alpha value is -3.65. The largest absolute Gasteiger partial charge is 0.478 e. The second-order valence-corrected chi connectivity index (χ2v) is 5.34. The molecule has 0 radical (unpaired) electrons. The van der Waals surface area contributed by atoms with Gasteiger partial charge in [0.15, 0.2) is 0 Å². The number of rotatable bonds is 4. The Labute approximate surface area is 143 Å². The van der Waals surface area contributed by atoms with E-state index in [1.165, 1.54) is 18.2 Å². The van der Waals surface area contributed by atoms with Gasteiger partial charge in [-0.2, -0.15) is 5.26 Å². The highest BCUT2D eigenvalue weighted by Crippen LogP contribution is 2.21. The summed E-state index contributed by atoms with van der Waals surface area (Å²) >= 11 is 0. The molecule has 2 aromatic carbocycles. The summed E-state index contributed by atoms with van der Waals surface area (Å²) in [7, 11) is 0. The molecule has 0 saturated carbocycles. The van der Waals surface area contributed by atoms with Gasteiger partial charge in [-0.25, -0.2) is 9.18 Å². The zero-order chi connectivity index (χ0) is 17.8. The van der Waals surface area contributed by atoms with Crippen molar-refractivity contribution in [3.8, 4) is 11.8 Å². The van der Waals surface area contributed by atoms with Gasteiger partial charge in [0.1, 0.15) is 5.82 Å². The number of aromatic carboxylic acids is 1. The summed E-state index contributed by atoms with van der Waals surface area (Å²) in [6.07, 6.45) is 3.47. The number of aromatic nitrogens is 1. The lowest BCUT2D eigenvalue weighted by atomic mass is 10.1. The van der Waals surface area contributed by atoms with E-state index in [1.807, 2.05) is 6.07 Å². The normalized spacial score (nSPS) is 11.1. The predicted molar refractivity (Wildman–Crippen MR) is 92.6 cm³/mol. The van der Waals surface area contributed by atoms with Crippen molar-refractivity contribution in [2.75, 3.05) is 0 Å². The summed E-state index contributed by atoms with van der Waals surface area (Å²) < 4.78 is 14.9. The van der Waals surface area contributed by atoms with E-state index in [9.17, 15) is 14.4 Å². The average molecular weight is 332 g/mol. The lowest BCUT2D eigenvalue weighted by Crippen LogP contribution is -2.00. The number of nitriles is 1. The lowest BCUT2D eigenvalue weighted by Gasteiger charge is -2.08. The van der Waals surface area contributed by atoms with Gasteiger partial charge in [0.05, 0.1) is 17.2 Å². The van der Waals surface area contributed by atoms with E-state index in [1.54, 1.807) is 53.2 Å². The standard InChI is InChI=1S/C20H13FN2O2/c21-17-8-6-14(7-9-17)16(13-22)12-19-5-2-10-23(19)18-4-1-3-15(11-18)20(24)25/h1-12H,(H,24,25). The zero-order valence-electron chi connectivity index (χ0n) is 13.1. The molecular weight excluding hydrogens is 319 g/mol. The number of hydrogen-bond donors (Lipinski definition) is 1. The maximum absolute atomic E-state index is 13.1. The average Bonchev–Trinajstić information content (AvgIpc) is 3.09. The molecule has 0 saturated heterocycles. The Bertz CT molecular complexity index is 995. The predicted octanol–water partition coefficient (Wildman–Crippen LogP) is 4.38. The maximum Gasteiger partial charge on any atom is 0.335 e. The maximum atomic E-state index is 13.1. The van der Waals surface area contributed by atoms with Crippen LogP contribution in [-0.2, 0) is 0 Å². The molecule has 0 aliphatic rings. The quantitative estimate of drug-likeness (QED) is 0.721. The third kappa shape index (κ3) is 3.48. The Kier molecular flexibility index (Phi) is 4.44. The van der Waals surface area contributed by atoms with Crippen LogP contribution < -0.4 is 0 Å². The van der Waals surface area contributed by atoms with Crippen molar-refractivity contribution in [3.05, 3.63) is 89.5 Å². The molecule has 0 unspecified atom stereocenters. The summed E-state index contributed by atoms with van der Waals surface area (Å²) in [6.45, 7) is 0. The molecule has 0 bridgehead atoms. The molecule has 0 aliphatic carbocycles. The van der Waals surface area contributed by atoms with Crippen LogP contribution in [0.2, 0.25) is 0 Å². The van der Waals surface area contributed by atoms with Crippen molar-refractivity contribution in [1.82, 2.24) is 4.57 Å². The molecule has 0 spiro atoms. The van der Waals surface area contributed by atoms with E-state index < -0.39 is 5.97 Å². The summed E-state index contributed by atoms with van der Waals surface area (Å²) in [5.41, 5.74) is 2.56. The van der Waals surface area contributed by atoms with E-state index in [0.29, 0.717) is 22.5 Å². The van der Waals surface area contributed by atoms with Crippen LogP contribution in [-0.4, -0.2) is 15.6 Å². The van der Waals surface area contributed by atoms with Crippen LogP contribution in [0, 0.1) is 17.1 Å². The molecule has 0 fully saturated rings. The summed E-state index contributed by atoms with van der Waals surface area (Å²) in [5, 5.41) is 18.6. The molecule has 0 atom stereocenters. The van der Waals surface area contributed by atoms with E-state index in [4.69, 9.17) is 5.11 Å². The van der Waals surface area contributed by atoms with Gasteiger partial charge in [-0.3, -0.25) is 0 Å². The fraction of sp³-hybridized carbons (Fsp3) is 0. The van der Waals surface area contributed by atoms with Crippen LogP contribution in [0.5, 0.6) is 0 Å². The molecule has 4 nitrogen and oxygen atoms in total. The van der Waals surface area contributed by atoms with Crippen LogP contribution in [0.4, 0.5) is 4.39 Å². The fourth-order valence-corrected chi connectivity index (χ4v) is 2.49. The van der Waals surface area contributed by atoms with Gasteiger partial charge in [0.25, 0.3) is 0 Å². The SMILES string of the molecule is N#CC(=Cc1cccn1-c1cccc(C(=O)O)c1)c1ccc(F)cc1. The van der Waals surface area contributed by atoms with Crippen LogP contribution >= 0.6 is 0 Å². The lowest BCUT2D eigenvalue weighted by molar-refractivity contribution is 0.0697. The van der Waals surface area contributed by atoms with Crippen LogP contribution in [0.1, 0.15) is 21.6 Å². The third-order valence-corrected chi connectivity index (χ3v) is 3.72. The van der Waals surface area contributed by atoms with Crippen molar-refractivity contribution >= 4 is 17.6 Å². The number of halogens is 1. The minimum absolute atomic E-state index is 0.181. The molecule has 3 aromatic rings. The van der Waals surface area contributed by atoms with E-state index >= 15 is 0 Å². The Balaban J connectivity index is 2.04. The smallest absolute Gasteiger partial charge is 0.335 e. The first-order chi connectivity index (χ1) is 12.1. The number of carbonyl (C=O) groups is 1. The molecule has 5 heteroatoms. The van der Waals surface area contributed by atoms with Crippen LogP contribution in [0.3, 0.4) is 0 Å². The molecule has 0 aliphatic heterocycles. The molecule has 1 heterocycles. The summed E-state index contributed by atoms with van der Waals surface area (Å²) in [5.74, 6) is -1.37. The minimum Gasteiger partial charge on any atom is -0.478 e.